The minimum atomic E-state index is -0.905. The number of halogens is 2. The van der Waals surface area contributed by atoms with Crippen molar-refractivity contribution in [3.63, 3.8) is 0 Å². The van der Waals surface area contributed by atoms with E-state index in [1.54, 1.807) is 36.4 Å². The van der Waals surface area contributed by atoms with Crippen molar-refractivity contribution in [2.24, 2.45) is 5.10 Å². The Morgan fingerprint density at radius 2 is 1.90 bits per heavy atom. The maximum absolute atomic E-state index is 12.1. The first-order chi connectivity index (χ1) is 14.9. The lowest BCUT2D eigenvalue weighted by Crippen LogP contribution is -2.39. The highest BCUT2D eigenvalue weighted by Gasteiger charge is 2.11. The van der Waals surface area contributed by atoms with Crippen LogP contribution in [0, 0.1) is 0 Å². The molecule has 31 heavy (non-hydrogen) atoms. The highest BCUT2D eigenvalue weighted by atomic mass is 35.5. The minimum absolute atomic E-state index is 0.212. The van der Waals surface area contributed by atoms with Gasteiger partial charge in [0, 0.05) is 18.7 Å². The normalized spacial score (nSPS) is 10.5. The molecule has 2 rings (SSSR count). The van der Waals surface area contributed by atoms with E-state index in [0.717, 1.165) is 0 Å². The van der Waals surface area contributed by atoms with E-state index >= 15 is 0 Å². The number of hydrogen-bond donors (Lipinski definition) is 3. The van der Waals surface area contributed by atoms with E-state index in [1.807, 2.05) is 0 Å². The van der Waals surface area contributed by atoms with Gasteiger partial charge in [-0.15, -0.1) is 0 Å². The third-order valence-corrected chi connectivity index (χ3v) is 4.16. The van der Waals surface area contributed by atoms with Crippen LogP contribution in [0.2, 0.25) is 10.0 Å². The first-order valence-electron chi connectivity index (χ1n) is 8.97. The lowest BCUT2D eigenvalue weighted by Gasteiger charge is -2.09. The largest absolute Gasteiger partial charge is 0.484 e. The van der Waals surface area contributed by atoms with Gasteiger partial charge in [-0.2, -0.15) is 5.10 Å². The number of carbonyl (C=O) groups excluding carboxylic acids is 3. The average Bonchev–Trinajstić information content (AvgIpc) is 2.74. The van der Waals surface area contributed by atoms with Crippen LogP contribution in [0.3, 0.4) is 0 Å². The van der Waals surface area contributed by atoms with Gasteiger partial charge in [-0.3, -0.25) is 14.4 Å². The number of ether oxygens (including phenoxy) is 2. The Bertz CT molecular complexity index is 968. The quantitative estimate of drug-likeness (QED) is 0.226. The molecule has 0 fully saturated rings. The predicted molar refractivity (Wildman–Crippen MR) is 118 cm³/mol. The second-order valence-corrected chi connectivity index (χ2v) is 6.82. The van der Waals surface area contributed by atoms with E-state index in [2.05, 4.69) is 21.2 Å². The number of anilines is 1. The summed E-state index contributed by atoms with van der Waals surface area (Å²) in [6.45, 7) is 0.251. The summed E-state index contributed by atoms with van der Waals surface area (Å²) in [5.41, 5.74) is 3.12. The molecule has 2 aromatic carbocycles. The fourth-order valence-electron chi connectivity index (χ4n) is 2.17. The SMILES string of the molecule is COCCNC(=O)C(=O)N/N=C\c1cccc(OCC(=O)Nc2ccc(Cl)cc2Cl)c1. The van der Waals surface area contributed by atoms with Crippen LogP contribution in [0.5, 0.6) is 5.75 Å². The molecule has 3 amide bonds. The molecule has 0 aliphatic heterocycles. The van der Waals surface area contributed by atoms with Crippen molar-refractivity contribution in [1.82, 2.24) is 10.7 Å². The van der Waals surface area contributed by atoms with Crippen molar-refractivity contribution >= 4 is 52.8 Å². The lowest BCUT2D eigenvalue weighted by atomic mass is 10.2. The number of nitrogens with zero attached hydrogens (tertiary/aromatic N) is 1. The average molecular weight is 467 g/mol. The Balaban J connectivity index is 1.83. The molecule has 0 aliphatic carbocycles. The van der Waals surface area contributed by atoms with Gasteiger partial charge >= 0.3 is 11.8 Å². The molecule has 0 bridgehead atoms. The number of rotatable bonds is 9. The summed E-state index contributed by atoms with van der Waals surface area (Å²) < 4.78 is 10.2. The van der Waals surface area contributed by atoms with Crippen molar-refractivity contribution in [2.75, 3.05) is 32.2 Å². The molecule has 0 saturated heterocycles. The van der Waals surface area contributed by atoms with Gasteiger partial charge in [-0.05, 0) is 35.9 Å². The van der Waals surface area contributed by atoms with Gasteiger partial charge in [0.25, 0.3) is 5.91 Å². The molecule has 0 aliphatic rings. The van der Waals surface area contributed by atoms with Crippen molar-refractivity contribution < 1.29 is 23.9 Å². The highest BCUT2D eigenvalue weighted by molar-refractivity contribution is 6.36. The number of benzene rings is 2. The molecule has 0 saturated carbocycles. The summed E-state index contributed by atoms with van der Waals surface area (Å²) in [6.07, 6.45) is 1.33. The Labute approximate surface area is 188 Å². The van der Waals surface area contributed by atoms with Crippen LogP contribution < -0.4 is 20.8 Å². The number of amides is 3. The molecule has 3 N–H and O–H groups in total. The van der Waals surface area contributed by atoms with Crippen molar-refractivity contribution in [3.8, 4) is 5.75 Å². The molecule has 0 atom stereocenters. The Morgan fingerprint density at radius 1 is 1.10 bits per heavy atom. The number of carbonyl (C=O) groups is 3. The second kappa shape index (κ2) is 12.5. The molecule has 0 radical (unpaired) electrons. The van der Waals surface area contributed by atoms with Crippen molar-refractivity contribution in [2.45, 2.75) is 0 Å². The standard InChI is InChI=1S/C20H20Cl2N4O5/c1-30-8-7-23-19(28)20(29)26-24-11-13-3-2-4-15(9-13)31-12-18(27)25-17-6-5-14(21)10-16(17)22/h2-6,9-11H,7-8,12H2,1H3,(H,23,28)(H,25,27)(H,26,29)/b24-11-. The van der Waals surface area contributed by atoms with Gasteiger partial charge in [0.15, 0.2) is 6.61 Å². The van der Waals surface area contributed by atoms with E-state index in [9.17, 15) is 14.4 Å². The van der Waals surface area contributed by atoms with Gasteiger partial charge in [-0.1, -0.05) is 35.3 Å². The zero-order valence-corrected chi connectivity index (χ0v) is 18.0. The molecule has 164 valence electrons. The number of hydrazone groups is 1. The Kier molecular flexibility index (Phi) is 9.76. The van der Waals surface area contributed by atoms with E-state index in [0.29, 0.717) is 33.7 Å². The van der Waals surface area contributed by atoms with Gasteiger partial charge in [0.2, 0.25) is 0 Å². The summed E-state index contributed by atoms with van der Waals surface area (Å²) in [7, 11) is 1.48. The van der Waals surface area contributed by atoms with Gasteiger partial charge in [-0.25, -0.2) is 5.43 Å². The third kappa shape index (κ3) is 8.63. The zero-order valence-electron chi connectivity index (χ0n) is 16.5. The molecule has 0 spiro atoms. The number of hydrogen-bond acceptors (Lipinski definition) is 6. The van der Waals surface area contributed by atoms with E-state index < -0.39 is 17.7 Å². The maximum Gasteiger partial charge on any atom is 0.329 e. The first-order valence-corrected chi connectivity index (χ1v) is 9.72. The van der Waals surface area contributed by atoms with Crippen LogP contribution in [-0.2, 0) is 19.1 Å². The van der Waals surface area contributed by atoms with Gasteiger partial charge in [0.05, 0.1) is 23.5 Å². The monoisotopic (exact) mass is 466 g/mol. The molecular weight excluding hydrogens is 447 g/mol. The summed E-state index contributed by atoms with van der Waals surface area (Å²) >= 11 is 11.8. The first kappa shape index (κ1) is 24.1. The predicted octanol–water partition coefficient (Wildman–Crippen LogP) is 2.22. The van der Waals surface area contributed by atoms with E-state index in [4.69, 9.17) is 32.7 Å². The molecule has 0 unspecified atom stereocenters. The van der Waals surface area contributed by atoms with Crippen LogP contribution in [-0.4, -0.2) is 50.8 Å². The fraction of sp³-hybridized carbons (Fsp3) is 0.200. The summed E-state index contributed by atoms with van der Waals surface area (Å²) in [5.74, 6) is -1.73. The van der Waals surface area contributed by atoms with Crippen LogP contribution in [0.4, 0.5) is 5.69 Å². The van der Waals surface area contributed by atoms with E-state index in [1.165, 1.54) is 19.4 Å². The summed E-state index contributed by atoms with van der Waals surface area (Å²) in [4.78, 5) is 35.2. The topological polar surface area (TPSA) is 118 Å². The molecule has 0 aromatic heterocycles. The number of nitrogens with one attached hydrogen (secondary N) is 3. The minimum Gasteiger partial charge on any atom is -0.484 e. The third-order valence-electron chi connectivity index (χ3n) is 3.61. The van der Waals surface area contributed by atoms with E-state index in [-0.39, 0.29) is 13.2 Å². The number of methoxy groups -OCH3 is 1. The smallest absolute Gasteiger partial charge is 0.329 e. The fourth-order valence-corrected chi connectivity index (χ4v) is 2.63. The van der Waals surface area contributed by atoms with Crippen LogP contribution >= 0.6 is 23.2 Å². The molecule has 11 heteroatoms. The Hall–Kier alpha value is -3.14. The summed E-state index contributed by atoms with van der Waals surface area (Å²) in [5, 5.41) is 9.49. The second-order valence-electron chi connectivity index (χ2n) is 5.98. The van der Waals surface area contributed by atoms with Crippen LogP contribution in [0.15, 0.2) is 47.6 Å². The molecule has 9 nitrogen and oxygen atoms in total. The maximum atomic E-state index is 12.1. The molecule has 0 heterocycles. The van der Waals surface area contributed by atoms with Gasteiger partial charge in [0.1, 0.15) is 5.75 Å². The van der Waals surface area contributed by atoms with Crippen LogP contribution in [0.25, 0.3) is 0 Å². The highest BCUT2D eigenvalue weighted by Crippen LogP contribution is 2.25. The summed E-state index contributed by atoms with van der Waals surface area (Å²) in [6, 6.07) is 11.4. The molecular formula is C20H20Cl2N4O5. The van der Waals surface area contributed by atoms with Crippen LogP contribution in [0.1, 0.15) is 5.56 Å². The van der Waals surface area contributed by atoms with Gasteiger partial charge < -0.3 is 20.1 Å². The van der Waals surface area contributed by atoms with Crippen molar-refractivity contribution in [3.05, 3.63) is 58.1 Å². The lowest BCUT2D eigenvalue weighted by molar-refractivity contribution is -0.139. The Morgan fingerprint density at radius 3 is 2.65 bits per heavy atom. The molecule has 2 aromatic rings. The van der Waals surface area contributed by atoms with Crippen molar-refractivity contribution in [1.29, 1.82) is 0 Å². The zero-order chi connectivity index (χ0) is 22.6.